The van der Waals surface area contributed by atoms with Crippen molar-refractivity contribution in [2.45, 2.75) is 45.9 Å². The van der Waals surface area contributed by atoms with Crippen molar-refractivity contribution in [2.24, 2.45) is 5.92 Å². The standard InChI is InChI=1S/C16H27N3O/c1-12(2)18-10-14-9-17-7-5-15(14)19-8-6-13(3)16(11-19)20-4/h5,7,9,12-13,16,18H,6,8,10-11H2,1-4H3. The average molecular weight is 277 g/mol. The first-order valence-corrected chi connectivity index (χ1v) is 7.55. The summed E-state index contributed by atoms with van der Waals surface area (Å²) in [7, 11) is 1.82. The Bertz CT molecular complexity index is 422. The third kappa shape index (κ3) is 3.70. The van der Waals surface area contributed by atoms with E-state index in [-0.39, 0.29) is 0 Å². The Balaban J connectivity index is 2.11. The second-order valence-corrected chi connectivity index (χ2v) is 6.03. The molecule has 0 spiro atoms. The van der Waals surface area contributed by atoms with Gasteiger partial charge in [0.25, 0.3) is 0 Å². The van der Waals surface area contributed by atoms with Crippen molar-refractivity contribution < 1.29 is 4.74 Å². The van der Waals surface area contributed by atoms with E-state index in [2.05, 4.69) is 42.0 Å². The van der Waals surface area contributed by atoms with Gasteiger partial charge in [0.05, 0.1) is 6.10 Å². The van der Waals surface area contributed by atoms with Gasteiger partial charge in [0.1, 0.15) is 0 Å². The molecule has 1 aromatic heterocycles. The number of nitrogens with one attached hydrogen (secondary N) is 1. The highest BCUT2D eigenvalue weighted by Gasteiger charge is 2.27. The molecule has 1 saturated heterocycles. The molecule has 0 radical (unpaired) electrons. The Kier molecular flexibility index (Phi) is 5.38. The number of piperidine rings is 1. The first-order valence-electron chi connectivity index (χ1n) is 7.55. The lowest BCUT2D eigenvalue weighted by Crippen LogP contribution is -2.44. The molecule has 4 heteroatoms. The number of pyridine rings is 1. The summed E-state index contributed by atoms with van der Waals surface area (Å²) in [5, 5.41) is 3.48. The van der Waals surface area contributed by atoms with Crippen LogP contribution < -0.4 is 10.2 Å². The van der Waals surface area contributed by atoms with Gasteiger partial charge in [-0.1, -0.05) is 20.8 Å². The van der Waals surface area contributed by atoms with Gasteiger partial charge in [0.15, 0.2) is 0 Å². The Morgan fingerprint density at radius 1 is 1.50 bits per heavy atom. The topological polar surface area (TPSA) is 37.4 Å². The maximum atomic E-state index is 5.62. The van der Waals surface area contributed by atoms with Crippen molar-refractivity contribution in [3.63, 3.8) is 0 Å². The normalized spacial score (nSPS) is 23.4. The van der Waals surface area contributed by atoms with Crippen LogP contribution in [0.15, 0.2) is 18.5 Å². The molecule has 0 saturated carbocycles. The maximum absolute atomic E-state index is 5.62. The number of hydrogen-bond acceptors (Lipinski definition) is 4. The lowest BCUT2D eigenvalue weighted by atomic mass is 9.95. The number of aromatic nitrogens is 1. The fraction of sp³-hybridized carbons (Fsp3) is 0.688. The van der Waals surface area contributed by atoms with Gasteiger partial charge in [-0.05, 0) is 18.4 Å². The zero-order valence-corrected chi connectivity index (χ0v) is 13.1. The fourth-order valence-electron chi connectivity index (χ4n) is 2.74. The largest absolute Gasteiger partial charge is 0.379 e. The van der Waals surface area contributed by atoms with Crippen molar-refractivity contribution in [1.82, 2.24) is 10.3 Å². The van der Waals surface area contributed by atoms with Gasteiger partial charge in [0, 0.05) is 56.4 Å². The summed E-state index contributed by atoms with van der Waals surface area (Å²) < 4.78 is 5.62. The summed E-state index contributed by atoms with van der Waals surface area (Å²) in [6.07, 6.45) is 5.36. The Morgan fingerprint density at radius 2 is 2.30 bits per heavy atom. The third-order valence-corrected chi connectivity index (χ3v) is 4.11. The number of anilines is 1. The minimum absolute atomic E-state index is 0.322. The molecule has 1 aliphatic rings. The highest BCUT2D eigenvalue weighted by molar-refractivity contribution is 5.52. The number of ether oxygens (including phenoxy) is 1. The molecule has 1 fully saturated rings. The Labute approximate surface area is 122 Å². The molecule has 112 valence electrons. The summed E-state index contributed by atoms with van der Waals surface area (Å²) in [5.74, 6) is 0.635. The number of nitrogens with zero attached hydrogens (tertiary/aromatic N) is 2. The second-order valence-electron chi connectivity index (χ2n) is 6.03. The molecule has 1 aromatic rings. The van der Waals surface area contributed by atoms with E-state index in [1.807, 2.05) is 19.5 Å². The van der Waals surface area contributed by atoms with Crippen LogP contribution in [0.1, 0.15) is 32.8 Å². The molecule has 1 aliphatic heterocycles. The Morgan fingerprint density at radius 3 is 3.00 bits per heavy atom. The van der Waals surface area contributed by atoms with E-state index in [4.69, 9.17) is 4.74 Å². The van der Waals surface area contributed by atoms with Crippen LogP contribution >= 0.6 is 0 Å². The van der Waals surface area contributed by atoms with Crippen LogP contribution in [0, 0.1) is 5.92 Å². The van der Waals surface area contributed by atoms with E-state index >= 15 is 0 Å². The molecule has 2 rings (SSSR count). The lowest BCUT2D eigenvalue weighted by molar-refractivity contribution is 0.0498. The number of methoxy groups -OCH3 is 1. The molecule has 0 aliphatic carbocycles. The van der Waals surface area contributed by atoms with Crippen molar-refractivity contribution in [1.29, 1.82) is 0 Å². The summed E-state index contributed by atoms with van der Waals surface area (Å²) in [4.78, 5) is 6.71. The van der Waals surface area contributed by atoms with Crippen LogP contribution in [-0.4, -0.2) is 37.3 Å². The number of rotatable bonds is 5. The molecule has 20 heavy (non-hydrogen) atoms. The van der Waals surface area contributed by atoms with Gasteiger partial charge < -0.3 is 15.0 Å². The van der Waals surface area contributed by atoms with Gasteiger partial charge in [0.2, 0.25) is 0 Å². The summed E-state index contributed by atoms with van der Waals surface area (Å²) >= 11 is 0. The SMILES string of the molecule is COC1CN(c2ccncc2CNC(C)C)CCC1C. The summed E-state index contributed by atoms with van der Waals surface area (Å²) in [5.41, 5.74) is 2.56. The average Bonchev–Trinajstić information content (AvgIpc) is 2.46. The second kappa shape index (κ2) is 7.04. The zero-order valence-electron chi connectivity index (χ0n) is 13.1. The highest BCUT2D eigenvalue weighted by atomic mass is 16.5. The molecule has 2 unspecified atom stereocenters. The molecular weight excluding hydrogens is 250 g/mol. The van der Waals surface area contributed by atoms with Crippen molar-refractivity contribution >= 4 is 5.69 Å². The fourth-order valence-corrected chi connectivity index (χ4v) is 2.74. The molecule has 4 nitrogen and oxygen atoms in total. The molecule has 1 N–H and O–H groups in total. The Hall–Kier alpha value is -1.13. The lowest BCUT2D eigenvalue weighted by Gasteiger charge is -2.38. The minimum atomic E-state index is 0.322. The molecule has 0 amide bonds. The van der Waals surface area contributed by atoms with Crippen LogP contribution in [0.25, 0.3) is 0 Å². The highest BCUT2D eigenvalue weighted by Crippen LogP contribution is 2.27. The van der Waals surface area contributed by atoms with Crippen LogP contribution in [-0.2, 0) is 11.3 Å². The quantitative estimate of drug-likeness (QED) is 0.897. The van der Waals surface area contributed by atoms with Gasteiger partial charge in [-0.25, -0.2) is 0 Å². The predicted octanol–water partition coefficient (Wildman–Crippen LogP) is 2.44. The van der Waals surface area contributed by atoms with E-state index in [1.165, 1.54) is 17.7 Å². The van der Waals surface area contributed by atoms with Crippen molar-refractivity contribution in [3.8, 4) is 0 Å². The third-order valence-electron chi connectivity index (χ3n) is 4.11. The summed E-state index contributed by atoms with van der Waals surface area (Å²) in [6, 6.07) is 2.61. The van der Waals surface area contributed by atoms with Crippen LogP contribution in [0.5, 0.6) is 0 Å². The van der Waals surface area contributed by atoms with E-state index in [1.54, 1.807) is 0 Å². The first-order chi connectivity index (χ1) is 9.61. The van der Waals surface area contributed by atoms with Gasteiger partial charge in [-0.2, -0.15) is 0 Å². The molecule has 2 heterocycles. The first kappa shape index (κ1) is 15.3. The van der Waals surface area contributed by atoms with E-state index in [0.717, 1.165) is 19.6 Å². The minimum Gasteiger partial charge on any atom is -0.379 e. The van der Waals surface area contributed by atoms with Crippen LogP contribution in [0.3, 0.4) is 0 Å². The monoisotopic (exact) mass is 277 g/mol. The zero-order chi connectivity index (χ0) is 14.5. The number of hydrogen-bond donors (Lipinski definition) is 1. The molecule has 0 bridgehead atoms. The molecule has 2 atom stereocenters. The predicted molar refractivity (Wildman–Crippen MR) is 83.0 cm³/mol. The van der Waals surface area contributed by atoms with Gasteiger partial charge >= 0.3 is 0 Å². The molecule has 0 aromatic carbocycles. The smallest absolute Gasteiger partial charge is 0.0772 e. The maximum Gasteiger partial charge on any atom is 0.0772 e. The van der Waals surface area contributed by atoms with Gasteiger partial charge in [-0.3, -0.25) is 4.98 Å². The van der Waals surface area contributed by atoms with E-state index in [0.29, 0.717) is 18.1 Å². The molecular formula is C16H27N3O. The summed E-state index contributed by atoms with van der Waals surface area (Å²) in [6.45, 7) is 9.54. The van der Waals surface area contributed by atoms with E-state index in [9.17, 15) is 0 Å². The van der Waals surface area contributed by atoms with E-state index < -0.39 is 0 Å². The van der Waals surface area contributed by atoms with Crippen LogP contribution in [0.2, 0.25) is 0 Å². The van der Waals surface area contributed by atoms with Gasteiger partial charge in [-0.15, -0.1) is 0 Å². The van der Waals surface area contributed by atoms with Crippen molar-refractivity contribution in [3.05, 3.63) is 24.0 Å². The van der Waals surface area contributed by atoms with Crippen LogP contribution in [0.4, 0.5) is 5.69 Å². The van der Waals surface area contributed by atoms with Crippen molar-refractivity contribution in [2.75, 3.05) is 25.1 Å².